The van der Waals surface area contributed by atoms with Crippen LogP contribution >= 0.6 is 0 Å². The SMILES string of the molecule is CC1(O)CN(C(=O)Nc2cnn3ccc(N4CCC[C@@H]4c4cc(F)ccc4F)nc23)C1.O=S(=O)(O)O. The van der Waals surface area contributed by atoms with Gasteiger partial charge in [-0.25, -0.2) is 23.1 Å². The van der Waals surface area contributed by atoms with Crippen molar-refractivity contribution in [2.45, 2.75) is 31.4 Å². The molecule has 0 saturated carbocycles. The predicted molar refractivity (Wildman–Crippen MR) is 124 cm³/mol. The third-order valence-electron chi connectivity index (χ3n) is 5.81. The minimum Gasteiger partial charge on any atom is -0.386 e. The molecular weight excluding hydrogens is 502 g/mol. The van der Waals surface area contributed by atoms with Crippen LogP contribution in [0.4, 0.5) is 25.1 Å². The summed E-state index contributed by atoms with van der Waals surface area (Å²) in [5.41, 5.74) is 0.335. The number of amides is 2. The largest absolute Gasteiger partial charge is 0.394 e. The van der Waals surface area contributed by atoms with E-state index in [0.29, 0.717) is 35.7 Å². The zero-order chi connectivity index (χ0) is 26.3. The van der Waals surface area contributed by atoms with Crippen LogP contribution in [0.5, 0.6) is 0 Å². The quantitative estimate of drug-likeness (QED) is 0.375. The van der Waals surface area contributed by atoms with Gasteiger partial charge in [0, 0.05) is 18.3 Å². The summed E-state index contributed by atoms with van der Waals surface area (Å²) in [6.45, 7) is 2.84. The van der Waals surface area contributed by atoms with Crippen molar-refractivity contribution in [2.24, 2.45) is 0 Å². The van der Waals surface area contributed by atoms with Crippen LogP contribution < -0.4 is 10.2 Å². The van der Waals surface area contributed by atoms with E-state index in [1.165, 1.54) is 17.2 Å². The molecular formula is C21H24F2N6O6S. The summed E-state index contributed by atoms with van der Waals surface area (Å²) in [4.78, 5) is 20.5. The third kappa shape index (κ3) is 5.87. The van der Waals surface area contributed by atoms with Gasteiger partial charge in [-0.1, -0.05) is 0 Å². The topological polar surface area (TPSA) is 161 Å². The van der Waals surface area contributed by atoms with Gasteiger partial charge < -0.3 is 20.2 Å². The molecule has 2 aliphatic rings. The Kier molecular flexibility index (Phi) is 6.83. The lowest BCUT2D eigenvalue weighted by Gasteiger charge is -2.43. The highest BCUT2D eigenvalue weighted by molar-refractivity contribution is 7.79. The Balaban J connectivity index is 0.000000556. The molecule has 0 radical (unpaired) electrons. The lowest BCUT2D eigenvalue weighted by Crippen LogP contribution is -2.62. The molecule has 1 aromatic carbocycles. The number of anilines is 2. The molecule has 194 valence electrons. The average molecular weight is 527 g/mol. The number of hydrogen-bond donors (Lipinski definition) is 4. The number of nitrogens with zero attached hydrogens (tertiary/aromatic N) is 5. The molecule has 4 heterocycles. The number of urea groups is 1. The van der Waals surface area contributed by atoms with Crippen molar-refractivity contribution in [3.63, 3.8) is 0 Å². The van der Waals surface area contributed by atoms with Crippen LogP contribution in [-0.2, 0) is 10.4 Å². The standard InChI is InChI=1S/C21H22F2N6O2.H2O4S/c1-21(31)11-27(12-21)20(30)25-16-10-24-29-8-6-18(26-19(16)29)28-7-2-3-17(28)14-9-13(22)4-5-15(14)23;1-5(2,3)4/h4-6,8-10,17,31H,2-3,7,11-12H2,1H3,(H,25,30);(H2,1,2,3,4)/t17-;/m1./s1. The minimum absolute atomic E-state index is 0.255. The summed E-state index contributed by atoms with van der Waals surface area (Å²) in [6.07, 6.45) is 4.74. The second kappa shape index (κ2) is 9.57. The second-order valence-electron chi connectivity index (χ2n) is 8.86. The summed E-state index contributed by atoms with van der Waals surface area (Å²) in [6, 6.07) is 4.61. The molecule has 2 fully saturated rings. The van der Waals surface area contributed by atoms with E-state index in [-0.39, 0.29) is 25.2 Å². The fraction of sp³-hybridized carbons (Fsp3) is 0.381. The Bertz CT molecular complexity index is 1380. The van der Waals surface area contributed by atoms with Gasteiger partial charge in [0.25, 0.3) is 0 Å². The zero-order valence-corrected chi connectivity index (χ0v) is 19.9. The monoisotopic (exact) mass is 526 g/mol. The van der Waals surface area contributed by atoms with E-state index in [9.17, 15) is 18.7 Å². The molecule has 1 atom stereocenters. The molecule has 2 aliphatic heterocycles. The van der Waals surface area contributed by atoms with Crippen molar-refractivity contribution in [3.8, 4) is 0 Å². The number of fused-ring (bicyclic) bond motifs is 1. The van der Waals surface area contributed by atoms with Crippen LogP contribution in [0, 0.1) is 11.6 Å². The number of β-amino-alcohol motifs (C(OH)–C–C–N with tert-alkyl or cyclic N) is 1. The highest BCUT2D eigenvalue weighted by Gasteiger charge is 2.39. The maximum absolute atomic E-state index is 14.4. The fourth-order valence-electron chi connectivity index (χ4n) is 4.36. The highest BCUT2D eigenvalue weighted by atomic mass is 32.3. The number of carbonyl (C=O) groups is 1. The van der Waals surface area contributed by atoms with Gasteiger partial charge in [0.1, 0.15) is 23.1 Å². The molecule has 0 bridgehead atoms. The molecule has 4 N–H and O–H groups in total. The average Bonchev–Trinajstić information content (AvgIpc) is 3.39. The van der Waals surface area contributed by atoms with Crippen molar-refractivity contribution in [2.75, 3.05) is 29.9 Å². The van der Waals surface area contributed by atoms with Crippen LogP contribution in [0.25, 0.3) is 5.65 Å². The number of aromatic nitrogens is 3. The molecule has 0 aliphatic carbocycles. The van der Waals surface area contributed by atoms with Crippen LogP contribution in [0.3, 0.4) is 0 Å². The zero-order valence-electron chi connectivity index (χ0n) is 19.0. The first kappa shape index (κ1) is 25.7. The molecule has 36 heavy (non-hydrogen) atoms. The van der Waals surface area contributed by atoms with E-state index in [1.54, 1.807) is 23.7 Å². The first-order valence-electron chi connectivity index (χ1n) is 10.8. The predicted octanol–water partition coefficient (Wildman–Crippen LogP) is 2.29. The summed E-state index contributed by atoms with van der Waals surface area (Å²) >= 11 is 0. The Morgan fingerprint density at radius 3 is 2.58 bits per heavy atom. The number of hydrogen-bond acceptors (Lipinski definition) is 7. The molecule has 5 rings (SSSR count). The Morgan fingerprint density at radius 2 is 1.92 bits per heavy atom. The lowest BCUT2D eigenvalue weighted by atomic mass is 9.98. The van der Waals surface area contributed by atoms with Gasteiger partial charge in [0.2, 0.25) is 0 Å². The van der Waals surface area contributed by atoms with Crippen LogP contribution in [0.15, 0.2) is 36.7 Å². The van der Waals surface area contributed by atoms with E-state index >= 15 is 0 Å². The first-order valence-corrected chi connectivity index (χ1v) is 12.2. The first-order chi connectivity index (χ1) is 16.8. The van der Waals surface area contributed by atoms with Crippen molar-refractivity contribution in [3.05, 3.63) is 53.9 Å². The molecule has 15 heteroatoms. The van der Waals surface area contributed by atoms with Gasteiger partial charge in [-0.05, 0) is 44.0 Å². The highest BCUT2D eigenvalue weighted by Crippen LogP contribution is 2.37. The van der Waals surface area contributed by atoms with E-state index in [2.05, 4.69) is 15.4 Å². The molecule has 12 nitrogen and oxygen atoms in total. The van der Waals surface area contributed by atoms with Gasteiger partial charge in [0.05, 0.1) is 30.9 Å². The minimum atomic E-state index is -4.67. The normalized spacial score (nSPS) is 19.0. The van der Waals surface area contributed by atoms with Crippen LogP contribution in [-0.4, -0.2) is 73.4 Å². The van der Waals surface area contributed by atoms with E-state index < -0.39 is 27.6 Å². The summed E-state index contributed by atoms with van der Waals surface area (Å²) in [5.74, 6) is -0.318. The van der Waals surface area contributed by atoms with Gasteiger partial charge in [-0.3, -0.25) is 9.11 Å². The second-order valence-corrected chi connectivity index (χ2v) is 9.76. The Labute approximate surface area is 204 Å². The maximum atomic E-state index is 14.4. The van der Waals surface area contributed by atoms with E-state index in [4.69, 9.17) is 17.5 Å². The third-order valence-corrected chi connectivity index (χ3v) is 5.81. The maximum Gasteiger partial charge on any atom is 0.394 e. The number of aliphatic hydroxyl groups is 1. The van der Waals surface area contributed by atoms with Gasteiger partial charge in [-0.15, -0.1) is 0 Å². The van der Waals surface area contributed by atoms with E-state index in [1.807, 2.05) is 4.90 Å². The van der Waals surface area contributed by atoms with Gasteiger partial charge in [-0.2, -0.15) is 13.5 Å². The van der Waals surface area contributed by atoms with Crippen molar-refractivity contribution in [1.82, 2.24) is 19.5 Å². The Morgan fingerprint density at radius 1 is 1.22 bits per heavy atom. The number of nitrogens with one attached hydrogen (secondary N) is 1. The smallest absolute Gasteiger partial charge is 0.386 e. The summed E-state index contributed by atoms with van der Waals surface area (Å²) in [5, 5.41) is 16.8. The molecule has 0 unspecified atom stereocenters. The molecule has 0 spiro atoms. The summed E-state index contributed by atoms with van der Waals surface area (Å²) in [7, 11) is -4.67. The fourth-order valence-corrected chi connectivity index (χ4v) is 4.36. The number of rotatable bonds is 3. The number of likely N-dealkylation sites (tertiary alicyclic amines) is 1. The van der Waals surface area contributed by atoms with E-state index in [0.717, 1.165) is 18.6 Å². The van der Waals surface area contributed by atoms with Crippen molar-refractivity contribution >= 4 is 33.6 Å². The number of benzene rings is 1. The molecule has 2 saturated heterocycles. The molecule has 2 aromatic heterocycles. The molecule has 3 aromatic rings. The van der Waals surface area contributed by atoms with Crippen molar-refractivity contribution < 1.29 is 36.2 Å². The summed E-state index contributed by atoms with van der Waals surface area (Å²) < 4.78 is 61.3. The van der Waals surface area contributed by atoms with Crippen LogP contribution in [0.2, 0.25) is 0 Å². The van der Waals surface area contributed by atoms with Gasteiger partial charge >= 0.3 is 16.4 Å². The van der Waals surface area contributed by atoms with Crippen LogP contribution in [0.1, 0.15) is 31.4 Å². The lowest BCUT2D eigenvalue weighted by molar-refractivity contribution is -0.0581. The van der Waals surface area contributed by atoms with Crippen molar-refractivity contribution in [1.29, 1.82) is 0 Å². The molecule has 2 amide bonds. The number of halogens is 2. The number of carbonyl (C=O) groups excluding carboxylic acids is 1. The Hall–Kier alpha value is -3.40. The van der Waals surface area contributed by atoms with Gasteiger partial charge in [0.15, 0.2) is 5.65 Å².